The molecule has 1 heterocycles. The first-order valence-corrected chi connectivity index (χ1v) is 6.80. The molecule has 0 amide bonds. The Kier molecular flexibility index (Phi) is 4.04. The molecule has 0 aliphatic rings. The molecule has 2 aromatic rings. The summed E-state index contributed by atoms with van der Waals surface area (Å²) in [5.74, 6) is 0. The van der Waals surface area contributed by atoms with Crippen LogP contribution in [0, 0.1) is 6.92 Å². The van der Waals surface area contributed by atoms with E-state index < -0.39 is 0 Å². The zero-order valence-corrected chi connectivity index (χ0v) is 10.9. The molecule has 1 N–H and O–H groups in total. The van der Waals surface area contributed by atoms with Gasteiger partial charge in [-0.25, -0.2) is 0 Å². The fraction of sp³-hybridized carbons (Fsp3) is 0.214. The quantitative estimate of drug-likeness (QED) is 0.830. The van der Waals surface area contributed by atoms with Crippen LogP contribution in [-0.4, -0.2) is 11.2 Å². The molecule has 0 saturated carbocycles. The molecule has 88 valence electrons. The van der Waals surface area contributed by atoms with Crippen molar-refractivity contribution >= 4 is 17.4 Å². The molecule has 0 fully saturated rings. The molecule has 0 radical (unpaired) electrons. The lowest BCUT2D eigenvalue weighted by molar-refractivity contribution is 1.03. The lowest BCUT2D eigenvalue weighted by Crippen LogP contribution is -2.01. The van der Waals surface area contributed by atoms with Gasteiger partial charge < -0.3 is 5.32 Å². The zero-order chi connectivity index (χ0) is 12.1. The number of aryl methyl sites for hydroxylation is 1. The predicted molar refractivity (Wildman–Crippen MR) is 74.5 cm³/mol. The van der Waals surface area contributed by atoms with Gasteiger partial charge in [-0.1, -0.05) is 12.1 Å². The molecule has 0 atom stereocenters. The summed E-state index contributed by atoms with van der Waals surface area (Å²) in [6, 6.07) is 12.5. The van der Waals surface area contributed by atoms with Crippen molar-refractivity contribution in [2.45, 2.75) is 18.4 Å². The van der Waals surface area contributed by atoms with Gasteiger partial charge in [-0.15, -0.1) is 11.8 Å². The Balaban J connectivity index is 1.99. The molecule has 0 bridgehead atoms. The number of hydrogen-bond donors (Lipinski definition) is 1. The van der Waals surface area contributed by atoms with E-state index in [1.165, 1.54) is 10.5 Å². The molecule has 0 unspecified atom stereocenters. The van der Waals surface area contributed by atoms with E-state index >= 15 is 0 Å². The van der Waals surface area contributed by atoms with Crippen molar-refractivity contribution in [2.75, 3.05) is 11.6 Å². The Bertz CT molecular complexity index is 480. The fourth-order valence-corrected chi connectivity index (χ4v) is 1.99. The molecule has 0 spiro atoms. The largest absolute Gasteiger partial charge is 0.379 e. The zero-order valence-electron chi connectivity index (χ0n) is 10.1. The van der Waals surface area contributed by atoms with Crippen molar-refractivity contribution in [3.05, 3.63) is 53.9 Å². The first-order chi connectivity index (χ1) is 8.28. The van der Waals surface area contributed by atoms with Crippen molar-refractivity contribution < 1.29 is 0 Å². The van der Waals surface area contributed by atoms with Crippen LogP contribution in [0.4, 0.5) is 5.69 Å². The predicted octanol–water partition coefficient (Wildman–Crippen LogP) is 3.72. The summed E-state index contributed by atoms with van der Waals surface area (Å²) in [6.45, 7) is 2.81. The van der Waals surface area contributed by atoms with Gasteiger partial charge in [0.05, 0.1) is 12.2 Å². The lowest BCUT2D eigenvalue weighted by atomic mass is 10.2. The Hall–Kier alpha value is -1.48. The molecule has 2 rings (SSSR count). The van der Waals surface area contributed by atoms with Gasteiger partial charge in [-0.3, -0.25) is 4.98 Å². The van der Waals surface area contributed by atoms with Crippen LogP contribution in [0.3, 0.4) is 0 Å². The average Bonchev–Trinajstić information content (AvgIpc) is 2.38. The number of thioether (sulfide) groups is 1. The number of rotatable bonds is 4. The van der Waals surface area contributed by atoms with Crippen LogP contribution in [0.25, 0.3) is 0 Å². The van der Waals surface area contributed by atoms with Gasteiger partial charge in [0.25, 0.3) is 0 Å². The second-order valence-electron chi connectivity index (χ2n) is 3.91. The van der Waals surface area contributed by atoms with E-state index in [0.717, 1.165) is 17.9 Å². The number of aromatic nitrogens is 1. The third kappa shape index (κ3) is 3.49. The van der Waals surface area contributed by atoms with Crippen LogP contribution in [0.1, 0.15) is 11.3 Å². The Morgan fingerprint density at radius 3 is 2.82 bits per heavy atom. The number of pyridine rings is 1. The van der Waals surface area contributed by atoms with E-state index in [1.54, 1.807) is 11.8 Å². The molecule has 17 heavy (non-hydrogen) atoms. The van der Waals surface area contributed by atoms with Crippen LogP contribution in [0.15, 0.2) is 47.5 Å². The van der Waals surface area contributed by atoms with E-state index in [0.29, 0.717) is 0 Å². The highest BCUT2D eigenvalue weighted by molar-refractivity contribution is 7.98. The summed E-state index contributed by atoms with van der Waals surface area (Å²) in [5, 5.41) is 3.38. The van der Waals surface area contributed by atoms with Gasteiger partial charge in [0, 0.05) is 16.8 Å². The standard InChI is InChI=1S/C14H16N2S/c1-11-6-7-13(15-9-11)10-16-12-4-3-5-14(8-12)17-2/h3-9,16H,10H2,1-2H3. The molecule has 2 nitrogen and oxygen atoms in total. The highest BCUT2D eigenvalue weighted by Gasteiger charge is 1.96. The third-order valence-corrected chi connectivity index (χ3v) is 3.24. The summed E-state index contributed by atoms with van der Waals surface area (Å²) in [7, 11) is 0. The summed E-state index contributed by atoms with van der Waals surface area (Å²) < 4.78 is 0. The van der Waals surface area contributed by atoms with Gasteiger partial charge in [0.1, 0.15) is 0 Å². The Labute approximate surface area is 106 Å². The highest BCUT2D eigenvalue weighted by Crippen LogP contribution is 2.19. The molecule has 0 saturated heterocycles. The Morgan fingerprint density at radius 1 is 1.24 bits per heavy atom. The maximum absolute atomic E-state index is 4.37. The average molecular weight is 244 g/mol. The number of anilines is 1. The van der Waals surface area contributed by atoms with Crippen molar-refractivity contribution in [2.24, 2.45) is 0 Å². The van der Waals surface area contributed by atoms with Gasteiger partial charge in [-0.2, -0.15) is 0 Å². The minimum Gasteiger partial charge on any atom is -0.379 e. The van der Waals surface area contributed by atoms with E-state index in [2.05, 4.69) is 53.0 Å². The minimum absolute atomic E-state index is 0.762. The van der Waals surface area contributed by atoms with Crippen LogP contribution >= 0.6 is 11.8 Å². The maximum atomic E-state index is 4.37. The first kappa shape index (κ1) is 12.0. The topological polar surface area (TPSA) is 24.9 Å². The van der Waals surface area contributed by atoms with E-state index in [1.807, 2.05) is 13.1 Å². The summed E-state index contributed by atoms with van der Waals surface area (Å²) in [5.41, 5.74) is 3.39. The highest BCUT2D eigenvalue weighted by atomic mass is 32.2. The summed E-state index contributed by atoms with van der Waals surface area (Å²) >= 11 is 1.75. The van der Waals surface area contributed by atoms with E-state index in [9.17, 15) is 0 Å². The number of nitrogens with one attached hydrogen (secondary N) is 1. The van der Waals surface area contributed by atoms with Gasteiger partial charge in [-0.05, 0) is 43.0 Å². The molecule has 0 aliphatic heterocycles. The van der Waals surface area contributed by atoms with Crippen molar-refractivity contribution in [3.63, 3.8) is 0 Å². The van der Waals surface area contributed by atoms with E-state index in [4.69, 9.17) is 0 Å². The van der Waals surface area contributed by atoms with Crippen molar-refractivity contribution in [3.8, 4) is 0 Å². The monoisotopic (exact) mass is 244 g/mol. The van der Waals surface area contributed by atoms with E-state index in [-0.39, 0.29) is 0 Å². The van der Waals surface area contributed by atoms with Crippen LogP contribution in [-0.2, 0) is 6.54 Å². The molecule has 3 heteroatoms. The third-order valence-electron chi connectivity index (χ3n) is 2.52. The lowest BCUT2D eigenvalue weighted by Gasteiger charge is -2.07. The van der Waals surface area contributed by atoms with Gasteiger partial charge in [0.15, 0.2) is 0 Å². The Morgan fingerprint density at radius 2 is 2.12 bits per heavy atom. The number of nitrogens with zero attached hydrogens (tertiary/aromatic N) is 1. The maximum Gasteiger partial charge on any atom is 0.0594 e. The molecular weight excluding hydrogens is 228 g/mol. The normalized spacial score (nSPS) is 10.2. The summed E-state index contributed by atoms with van der Waals surface area (Å²) in [4.78, 5) is 5.64. The second-order valence-corrected chi connectivity index (χ2v) is 4.79. The van der Waals surface area contributed by atoms with Gasteiger partial charge in [0.2, 0.25) is 0 Å². The smallest absolute Gasteiger partial charge is 0.0594 e. The SMILES string of the molecule is CSc1cccc(NCc2ccc(C)cn2)c1. The van der Waals surface area contributed by atoms with Crippen molar-refractivity contribution in [1.29, 1.82) is 0 Å². The van der Waals surface area contributed by atoms with Crippen LogP contribution in [0.2, 0.25) is 0 Å². The fourth-order valence-electron chi connectivity index (χ4n) is 1.53. The minimum atomic E-state index is 0.762. The number of benzene rings is 1. The first-order valence-electron chi connectivity index (χ1n) is 5.57. The second kappa shape index (κ2) is 5.73. The van der Waals surface area contributed by atoms with Crippen LogP contribution in [0.5, 0.6) is 0 Å². The molecule has 1 aromatic heterocycles. The summed E-state index contributed by atoms with van der Waals surface area (Å²) in [6.07, 6.45) is 3.98. The van der Waals surface area contributed by atoms with Crippen LogP contribution < -0.4 is 5.32 Å². The number of hydrogen-bond acceptors (Lipinski definition) is 3. The molecule has 0 aliphatic carbocycles. The van der Waals surface area contributed by atoms with Crippen molar-refractivity contribution in [1.82, 2.24) is 4.98 Å². The molecule has 1 aromatic carbocycles. The molecular formula is C14H16N2S. The van der Waals surface area contributed by atoms with Gasteiger partial charge >= 0.3 is 0 Å².